The number of para-hydroxylation sites is 1. The number of amides is 2. The number of benzene rings is 5. The van der Waals surface area contributed by atoms with Crippen LogP contribution >= 0.6 is 0 Å². The van der Waals surface area contributed by atoms with Gasteiger partial charge in [-0.15, -0.1) is 0 Å². The van der Waals surface area contributed by atoms with Crippen molar-refractivity contribution in [2.75, 3.05) is 25.0 Å². The van der Waals surface area contributed by atoms with Gasteiger partial charge < -0.3 is 35.1 Å². The lowest BCUT2D eigenvalue weighted by molar-refractivity contribution is -0.252. The van der Waals surface area contributed by atoms with E-state index in [4.69, 9.17) is 14.2 Å². The molecular formula is C42H43N3O6. The van der Waals surface area contributed by atoms with Crippen molar-refractivity contribution in [2.24, 2.45) is 0 Å². The molecule has 2 heterocycles. The van der Waals surface area contributed by atoms with Crippen molar-refractivity contribution in [1.29, 1.82) is 0 Å². The monoisotopic (exact) mass is 685 g/mol. The van der Waals surface area contributed by atoms with Crippen LogP contribution in [0.3, 0.4) is 0 Å². The number of hydrogen-bond donors (Lipinski definition) is 4. The van der Waals surface area contributed by atoms with Gasteiger partial charge in [0.1, 0.15) is 11.5 Å². The zero-order valence-electron chi connectivity index (χ0n) is 28.4. The molecule has 2 aliphatic rings. The number of carbonyl (C=O) groups is 1. The van der Waals surface area contributed by atoms with E-state index in [0.717, 1.165) is 58.6 Å². The van der Waals surface area contributed by atoms with E-state index < -0.39 is 6.29 Å². The fourth-order valence-corrected chi connectivity index (χ4v) is 6.66. The van der Waals surface area contributed by atoms with Gasteiger partial charge in [0.15, 0.2) is 6.29 Å². The Morgan fingerprint density at radius 3 is 2.24 bits per heavy atom. The molecule has 9 nitrogen and oxygen atoms in total. The molecule has 0 aromatic heterocycles. The third-order valence-corrected chi connectivity index (χ3v) is 9.37. The first kappa shape index (κ1) is 34.4. The Kier molecular flexibility index (Phi) is 11.0. The van der Waals surface area contributed by atoms with E-state index in [2.05, 4.69) is 33.7 Å². The summed E-state index contributed by atoms with van der Waals surface area (Å²) >= 11 is 0. The van der Waals surface area contributed by atoms with Gasteiger partial charge in [-0.3, -0.25) is 4.90 Å². The highest BCUT2D eigenvalue weighted by Crippen LogP contribution is 2.39. The van der Waals surface area contributed by atoms with Gasteiger partial charge in [-0.25, -0.2) is 4.79 Å². The molecule has 0 bridgehead atoms. The lowest BCUT2D eigenvalue weighted by Gasteiger charge is -2.38. The lowest BCUT2D eigenvalue weighted by Crippen LogP contribution is -2.38. The third-order valence-electron chi connectivity index (χ3n) is 9.37. The predicted molar refractivity (Wildman–Crippen MR) is 196 cm³/mol. The second-order valence-corrected chi connectivity index (χ2v) is 13.1. The van der Waals surface area contributed by atoms with Crippen LogP contribution in [0.25, 0.3) is 11.1 Å². The fraction of sp³-hybridized carbons (Fsp3) is 0.262. The molecule has 0 saturated carbocycles. The van der Waals surface area contributed by atoms with Gasteiger partial charge in [-0.05, 0) is 70.6 Å². The molecule has 2 amide bonds. The van der Waals surface area contributed by atoms with Gasteiger partial charge in [0.05, 0.1) is 24.9 Å². The molecule has 9 heteroatoms. The highest BCUT2D eigenvalue weighted by atomic mass is 16.7. The molecule has 7 rings (SSSR count). The molecular weight excluding hydrogens is 642 g/mol. The van der Waals surface area contributed by atoms with Crippen LogP contribution in [-0.2, 0) is 22.6 Å². The van der Waals surface area contributed by atoms with Crippen molar-refractivity contribution in [3.63, 3.8) is 0 Å². The smallest absolute Gasteiger partial charge is 0.319 e. The summed E-state index contributed by atoms with van der Waals surface area (Å²) in [5, 5.41) is 25.5. The predicted octanol–water partition coefficient (Wildman–Crippen LogP) is 7.57. The van der Waals surface area contributed by atoms with E-state index in [1.54, 1.807) is 12.1 Å². The summed E-state index contributed by atoms with van der Waals surface area (Å²) in [6.45, 7) is 2.57. The normalized spacial score (nSPS) is 20.5. The number of aliphatic hydroxyl groups is 2. The Labute approximate surface area is 298 Å². The highest BCUT2D eigenvalue weighted by Gasteiger charge is 2.34. The summed E-state index contributed by atoms with van der Waals surface area (Å²) in [5.74, 6) is 1.43. The number of ether oxygens (including phenoxy) is 3. The van der Waals surface area contributed by atoms with Crippen LogP contribution in [0.4, 0.5) is 10.5 Å². The first-order chi connectivity index (χ1) is 25.0. The summed E-state index contributed by atoms with van der Waals surface area (Å²) in [4.78, 5) is 15.1. The standard InChI is InChI=1S/C42H43N3O6/c46-28-29-10-12-31(13-11-29)40-24-38(27-45-23-22-35(47)26-45)50-41(51-40)32-16-14-30(15-17-32)39-9-5-4-6-33(39)25-43-42(48)44-34-18-20-37(21-19-34)49-36-7-2-1-3-8-36/h1-21,35,38,40-41,46-47H,22-28H2,(H2,43,44,48). The number of carbonyl (C=O) groups excluding carboxylic acids is 1. The molecule has 2 saturated heterocycles. The lowest BCUT2D eigenvalue weighted by atomic mass is 9.97. The van der Waals surface area contributed by atoms with Crippen molar-refractivity contribution < 1.29 is 29.2 Å². The molecule has 4 N–H and O–H groups in total. The number of anilines is 1. The van der Waals surface area contributed by atoms with E-state index in [0.29, 0.717) is 30.9 Å². The van der Waals surface area contributed by atoms with Gasteiger partial charge in [-0.1, -0.05) is 91.0 Å². The number of nitrogens with zero attached hydrogens (tertiary/aromatic N) is 1. The molecule has 0 spiro atoms. The molecule has 4 atom stereocenters. The first-order valence-corrected chi connectivity index (χ1v) is 17.5. The third kappa shape index (κ3) is 9.02. The number of urea groups is 1. The molecule has 0 aliphatic carbocycles. The Balaban J connectivity index is 0.995. The largest absolute Gasteiger partial charge is 0.457 e. The van der Waals surface area contributed by atoms with Crippen LogP contribution < -0.4 is 15.4 Å². The summed E-state index contributed by atoms with van der Waals surface area (Å²) < 4.78 is 18.9. The molecule has 2 aliphatic heterocycles. The van der Waals surface area contributed by atoms with E-state index in [9.17, 15) is 15.0 Å². The topological polar surface area (TPSA) is 113 Å². The average Bonchev–Trinajstić information content (AvgIpc) is 3.59. The van der Waals surface area contributed by atoms with E-state index >= 15 is 0 Å². The first-order valence-electron chi connectivity index (χ1n) is 17.5. The van der Waals surface area contributed by atoms with E-state index in [1.165, 1.54) is 0 Å². The number of aliphatic hydroxyl groups excluding tert-OH is 2. The summed E-state index contributed by atoms with van der Waals surface area (Å²) in [5.41, 5.74) is 6.49. The zero-order valence-corrected chi connectivity index (χ0v) is 28.4. The SMILES string of the molecule is O=C(NCc1ccccc1-c1ccc(C2OC(CN3CCC(O)C3)CC(c3ccc(CO)cc3)O2)cc1)Nc1ccc(Oc2ccccc2)cc1. The molecule has 0 radical (unpaired) electrons. The highest BCUT2D eigenvalue weighted by molar-refractivity contribution is 5.89. The van der Waals surface area contributed by atoms with Gasteiger partial charge in [0.2, 0.25) is 0 Å². The summed E-state index contributed by atoms with van der Waals surface area (Å²) in [6, 6.07) is 40.6. The summed E-state index contributed by atoms with van der Waals surface area (Å²) in [6.07, 6.45) is 0.373. The number of likely N-dealkylation sites (tertiary alicyclic amines) is 1. The number of rotatable bonds is 11. The Bertz CT molecular complexity index is 1870. The van der Waals surface area contributed by atoms with Crippen molar-refractivity contribution >= 4 is 11.7 Å². The second-order valence-electron chi connectivity index (χ2n) is 13.1. The molecule has 5 aromatic rings. The summed E-state index contributed by atoms with van der Waals surface area (Å²) in [7, 11) is 0. The van der Waals surface area contributed by atoms with Crippen molar-refractivity contribution in [3.8, 4) is 22.6 Å². The number of β-amino-alcohol motifs (C(OH)–C–C–N with tert-alkyl or cyclic N) is 1. The van der Waals surface area contributed by atoms with Gasteiger partial charge >= 0.3 is 6.03 Å². The minimum absolute atomic E-state index is 0.00330. The molecule has 2 fully saturated rings. The molecule has 262 valence electrons. The van der Waals surface area contributed by atoms with Crippen molar-refractivity contribution in [3.05, 3.63) is 150 Å². The maximum atomic E-state index is 12.8. The molecule has 5 aromatic carbocycles. The minimum atomic E-state index is -0.563. The van der Waals surface area contributed by atoms with Gasteiger partial charge in [0, 0.05) is 43.9 Å². The van der Waals surface area contributed by atoms with Crippen LogP contribution in [0, 0.1) is 0 Å². The van der Waals surface area contributed by atoms with Crippen LogP contribution in [0.1, 0.15) is 47.5 Å². The Hall–Kier alpha value is -5.03. The van der Waals surface area contributed by atoms with Crippen LogP contribution in [0.15, 0.2) is 127 Å². The van der Waals surface area contributed by atoms with Crippen molar-refractivity contribution in [1.82, 2.24) is 10.2 Å². The Morgan fingerprint density at radius 2 is 1.51 bits per heavy atom. The van der Waals surface area contributed by atoms with Crippen molar-refractivity contribution in [2.45, 2.75) is 50.6 Å². The van der Waals surface area contributed by atoms with Crippen LogP contribution in [0.2, 0.25) is 0 Å². The van der Waals surface area contributed by atoms with E-state index in [1.807, 2.05) is 97.1 Å². The quantitative estimate of drug-likeness (QED) is 0.114. The maximum absolute atomic E-state index is 12.8. The molecule has 51 heavy (non-hydrogen) atoms. The van der Waals surface area contributed by atoms with Crippen LogP contribution in [0.5, 0.6) is 11.5 Å². The zero-order chi connectivity index (χ0) is 35.0. The van der Waals surface area contributed by atoms with Gasteiger partial charge in [-0.2, -0.15) is 0 Å². The average molecular weight is 686 g/mol. The fourth-order valence-electron chi connectivity index (χ4n) is 6.66. The Morgan fingerprint density at radius 1 is 0.804 bits per heavy atom. The minimum Gasteiger partial charge on any atom is -0.457 e. The van der Waals surface area contributed by atoms with E-state index in [-0.39, 0.29) is 30.9 Å². The second kappa shape index (κ2) is 16.3. The number of hydrogen-bond acceptors (Lipinski definition) is 7. The van der Waals surface area contributed by atoms with Gasteiger partial charge in [0.25, 0.3) is 0 Å². The van der Waals surface area contributed by atoms with Crippen LogP contribution in [-0.4, -0.2) is 53.0 Å². The maximum Gasteiger partial charge on any atom is 0.319 e. The number of nitrogens with one attached hydrogen (secondary N) is 2. The molecule has 4 unspecified atom stereocenters.